The minimum atomic E-state index is -0.188. The van der Waals surface area contributed by atoms with Crippen LogP contribution >= 0.6 is 15.9 Å². The van der Waals surface area contributed by atoms with E-state index in [1.165, 1.54) is 0 Å². The Morgan fingerprint density at radius 1 is 1.38 bits per heavy atom. The molecular formula is C17H26BrFN2. The van der Waals surface area contributed by atoms with Gasteiger partial charge in [0.1, 0.15) is 5.82 Å². The molecule has 1 fully saturated rings. The normalized spacial score (nSPS) is 23.5. The van der Waals surface area contributed by atoms with Crippen molar-refractivity contribution in [3.8, 4) is 0 Å². The van der Waals surface area contributed by atoms with E-state index >= 15 is 0 Å². The Bertz CT molecular complexity index is 510. The van der Waals surface area contributed by atoms with Crippen LogP contribution in [-0.2, 0) is 0 Å². The maximum absolute atomic E-state index is 13.7. The fourth-order valence-electron chi connectivity index (χ4n) is 2.98. The van der Waals surface area contributed by atoms with Crippen molar-refractivity contribution >= 4 is 21.6 Å². The van der Waals surface area contributed by atoms with Gasteiger partial charge < -0.3 is 10.2 Å². The first kappa shape index (κ1) is 16.8. The van der Waals surface area contributed by atoms with Crippen LogP contribution in [0, 0.1) is 18.2 Å². The summed E-state index contributed by atoms with van der Waals surface area (Å²) in [7, 11) is 0. The van der Waals surface area contributed by atoms with Gasteiger partial charge >= 0.3 is 0 Å². The summed E-state index contributed by atoms with van der Waals surface area (Å²) in [5, 5.41) is 3.68. The molecule has 2 rings (SSSR count). The summed E-state index contributed by atoms with van der Waals surface area (Å²) >= 11 is 3.33. The average molecular weight is 357 g/mol. The van der Waals surface area contributed by atoms with Gasteiger partial charge in [-0.2, -0.15) is 0 Å². The number of aryl methyl sites for hydroxylation is 1. The van der Waals surface area contributed by atoms with Gasteiger partial charge in [0.05, 0.1) is 4.47 Å². The Balaban J connectivity index is 2.36. The Hall–Kier alpha value is -0.610. The highest BCUT2D eigenvalue weighted by Crippen LogP contribution is 2.32. The molecule has 1 aromatic rings. The second-order valence-electron chi connectivity index (χ2n) is 7.09. The highest BCUT2D eigenvalue weighted by Gasteiger charge is 2.34. The summed E-state index contributed by atoms with van der Waals surface area (Å²) in [6.07, 6.45) is 1.08. The minimum absolute atomic E-state index is 0.188. The zero-order valence-electron chi connectivity index (χ0n) is 13.6. The van der Waals surface area contributed by atoms with Gasteiger partial charge in [-0.05, 0) is 52.4 Å². The van der Waals surface area contributed by atoms with Crippen LogP contribution in [0.5, 0.6) is 0 Å². The molecule has 0 aliphatic carbocycles. The lowest BCUT2D eigenvalue weighted by molar-refractivity contribution is 0.233. The van der Waals surface area contributed by atoms with Gasteiger partial charge in [-0.25, -0.2) is 4.39 Å². The number of benzene rings is 1. The summed E-state index contributed by atoms with van der Waals surface area (Å²) in [6, 6.07) is 4.45. The third kappa shape index (κ3) is 3.59. The van der Waals surface area contributed by atoms with Crippen LogP contribution in [0.15, 0.2) is 16.6 Å². The predicted octanol–water partition coefficient (Wildman–Crippen LogP) is 4.50. The second kappa shape index (κ2) is 6.25. The lowest BCUT2D eigenvalue weighted by atomic mass is 9.84. The number of nitrogens with one attached hydrogen (secondary N) is 1. The number of hydrogen-bond acceptors (Lipinski definition) is 2. The van der Waals surface area contributed by atoms with Gasteiger partial charge in [0.15, 0.2) is 0 Å². The molecule has 0 amide bonds. The Morgan fingerprint density at radius 3 is 2.62 bits per heavy atom. The summed E-state index contributed by atoms with van der Waals surface area (Å²) < 4.78 is 14.2. The molecule has 1 aliphatic heterocycles. The average Bonchev–Trinajstić information content (AvgIpc) is 2.41. The number of anilines is 1. The van der Waals surface area contributed by atoms with Crippen LogP contribution in [0.2, 0.25) is 0 Å². The summed E-state index contributed by atoms with van der Waals surface area (Å²) in [6.45, 7) is 12.9. The number of halogens is 2. The predicted molar refractivity (Wildman–Crippen MR) is 91.5 cm³/mol. The van der Waals surface area contributed by atoms with Gasteiger partial charge in [0, 0.05) is 30.9 Å². The molecule has 0 bridgehead atoms. The van der Waals surface area contributed by atoms with Crippen LogP contribution < -0.4 is 10.2 Å². The van der Waals surface area contributed by atoms with E-state index < -0.39 is 0 Å². The van der Waals surface area contributed by atoms with E-state index in [-0.39, 0.29) is 11.2 Å². The molecule has 4 heteroatoms. The van der Waals surface area contributed by atoms with Gasteiger partial charge in [-0.15, -0.1) is 0 Å². The smallest absolute Gasteiger partial charge is 0.137 e. The maximum Gasteiger partial charge on any atom is 0.137 e. The first-order valence-electron chi connectivity index (χ1n) is 7.69. The number of piperazine rings is 1. The van der Waals surface area contributed by atoms with Gasteiger partial charge in [-0.1, -0.05) is 27.7 Å². The molecule has 1 N–H and O–H groups in total. The number of nitrogens with zero attached hydrogens (tertiary/aromatic N) is 1. The van der Waals surface area contributed by atoms with Crippen molar-refractivity contribution in [2.24, 2.45) is 5.41 Å². The Morgan fingerprint density at radius 2 is 2.05 bits per heavy atom. The topological polar surface area (TPSA) is 15.3 Å². The number of hydrogen-bond donors (Lipinski definition) is 1. The molecule has 1 saturated heterocycles. The van der Waals surface area contributed by atoms with Crippen LogP contribution in [0.3, 0.4) is 0 Å². The van der Waals surface area contributed by atoms with E-state index in [2.05, 4.69) is 53.8 Å². The highest BCUT2D eigenvalue weighted by atomic mass is 79.9. The largest absolute Gasteiger partial charge is 0.365 e. The molecule has 1 aliphatic rings. The van der Waals surface area contributed by atoms with Crippen molar-refractivity contribution < 1.29 is 4.39 Å². The fourth-order valence-corrected chi connectivity index (χ4v) is 3.32. The Labute approximate surface area is 136 Å². The van der Waals surface area contributed by atoms with Crippen molar-refractivity contribution in [2.45, 2.75) is 53.1 Å². The SMILES string of the molecule is CCC1CNC(C(C)(C)C)CN1c1cc(Br)c(F)cc1C. The third-order valence-corrected chi connectivity index (χ3v) is 5.09. The first-order valence-corrected chi connectivity index (χ1v) is 8.49. The minimum Gasteiger partial charge on any atom is -0.365 e. The van der Waals surface area contributed by atoms with Gasteiger partial charge in [0.2, 0.25) is 0 Å². The molecule has 2 nitrogen and oxygen atoms in total. The monoisotopic (exact) mass is 356 g/mol. The second-order valence-corrected chi connectivity index (χ2v) is 7.95. The molecule has 0 radical (unpaired) electrons. The zero-order valence-corrected chi connectivity index (χ0v) is 15.2. The quantitative estimate of drug-likeness (QED) is 0.838. The Kier molecular flexibility index (Phi) is 4.99. The highest BCUT2D eigenvalue weighted by molar-refractivity contribution is 9.10. The number of rotatable bonds is 2. The van der Waals surface area contributed by atoms with Gasteiger partial charge in [0.25, 0.3) is 0 Å². The van der Waals surface area contributed by atoms with Crippen molar-refractivity contribution in [1.82, 2.24) is 5.32 Å². The molecule has 0 saturated carbocycles. The maximum atomic E-state index is 13.7. The lowest BCUT2D eigenvalue weighted by Crippen LogP contribution is -2.60. The van der Waals surface area contributed by atoms with Crippen LogP contribution in [0.25, 0.3) is 0 Å². The van der Waals surface area contributed by atoms with E-state index in [4.69, 9.17) is 0 Å². The van der Waals surface area contributed by atoms with Crippen LogP contribution in [0.4, 0.5) is 10.1 Å². The molecule has 1 heterocycles. The third-order valence-electron chi connectivity index (χ3n) is 4.48. The van der Waals surface area contributed by atoms with Crippen molar-refractivity contribution in [3.05, 3.63) is 28.0 Å². The lowest BCUT2D eigenvalue weighted by Gasteiger charge is -2.46. The van der Waals surface area contributed by atoms with E-state index in [1.54, 1.807) is 6.07 Å². The van der Waals surface area contributed by atoms with Crippen molar-refractivity contribution in [2.75, 3.05) is 18.0 Å². The van der Waals surface area contributed by atoms with Crippen molar-refractivity contribution in [3.63, 3.8) is 0 Å². The molecule has 2 atom stereocenters. The molecule has 118 valence electrons. The van der Waals surface area contributed by atoms with Crippen LogP contribution in [-0.4, -0.2) is 25.2 Å². The summed E-state index contributed by atoms with van der Waals surface area (Å²) in [4.78, 5) is 2.45. The summed E-state index contributed by atoms with van der Waals surface area (Å²) in [5.74, 6) is -0.188. The van der Waals surface area contributed by atoms with E-state index in [9.17, 15) is 4.39 Å². The fraction of sp³-hybridized carbons (Fsp3) is 0.647. The molecule has 21 heavy (non-hydrogen) atoms. The molecule has 0 spiro atoms. The standard InChI is InChI=1S/C17H26BrFN2/c1-6-12-9-20-16(17(3,4)5)10-21(12)15-8-13(18)14(19)7-11(15)2/h7-8,12,16,20H,6,9-10H2,1-5H3. The first-order chi connectivity index (χ1) is 9.74. The van der Waals surface area contributed by atoms with E-state index in [1.807, 2.05) is 13.0 Å². The summed E-state index contributed by atoms with van der Waals surface area (Å²) in [5.41, 5.74) is 2.36. The van der Waals surface area contributed by atoms with Gasteiger partial charge in [-0.3, -0.25) is 0 Å². The van der Waals surface area contributed by atoms with E-state index in [0.717, 1.165) is 30.8 Å². The molecular weight excluding hydrogens is 331 g/mol. The zero-order chi connectivity index (χ0) is 15.8. The molecule has 0 aromatic heterocycles. The van der Waals surface area contributed by atoms with Crippen LogP contribution in [0.1, 0.15) is 39.7 Å². The molecule has 2 unspecified atom stereocenters. The molecule has 1 aromatic carbocycles. The van der Waals surface area contributed by atoms with Crippen molar-refractivity contribution in [1.29, 1.82) is 0 Å². The van der Waals surface area contributed by atoms with E-state index in [0.29, 0.717) is 16.6 Å².